The minimum Gasteiger partial charge on any atom is -0.437 e. The Labute approximate surface area is 327 Å². The van der Waals surface area contributed by atoms with Gasteiger partial charge in [-0.05, 0) is 72.8 Å². The Morgan fingerprint density at radius 2 is 1.28 bits per heavy atom. The van der Waals surface area contributed by atoms with Crippen LogP contribution in [0.4, 0.5) is 26.3 Å². The normalized spacial score (nSPS) is 12.0. The van der Waals surface area contributed by atoms with Crippen LogP contribution in [-0.4, -0.2) is 34.1 Å². The summed E-state index contributed by atoms with van der Waals surface area (Å²) < 4.78 is 88.6. The van der Waals surface area contributed by atoms with Crippen LogP contribution < -0.4 is 15.7 Å². The number of hydrogen-bond acceptors (Lipinski definition) is 9. The molecule has 58 heavy (non-hydrogen) atoms. The van der Waals surface area contributed by atoms with Gasteiger partial charge in [-0.3, -0.25) is 9.59 Å². The van der Waals surface area contributed by atoms with E-state index < -0.39 is 29.0 Å². The highest BCUT2D eigenvalue weighted by Crippen LogP contribution is 2.38. The topological polar surface area (TPSA) is 118 Å². The molecule has 10 nitrogen and oxygen atoms in total. The molecule has 8 rings (SSSR count). The SMILES string of the molecule is Cn1cnc(=O)c2ccc(-c3nc(-c4cc(=O)c5ccc(-c6nccnc6Oc6ccc(C(F)(F)F)cc6)cc5n4C)cnc3Sc3ccc(C(F)(F)F)cc3)cc21. The van der Waals surface area contributed by atoms with E-state index in [1.165, 1.54) is 55.2 Å². The second-order valence-electron chi connectivity index (χ2n) is 12.9. The molecule has 0 aliphatic carbocycles. The Morgan fingerprint density at radius 3 is 1.97 bits per heavy atom. The van der Waals surface area contributed by atoms with Crippen molar-refractivity contribution in [2.75, 3.05) is 0 Å². The number of ether oxygens (including phenoxy) is 1. The summed E-state index contributed by atoms with van der Waals surface area (Å²) in [6, 6.07) is 20.2. The van der Waals surface area contributed by atoms with Crippen molar-refractivity contribution >= 4 is 33.6 Å². The number of halogens is 6. The van der Waals surface area contributed by atoms with Gasteiger partial charge in [-0.1, -0.05) is 23.9 Å². The van der Waals surface area contributed by atoms with E-state index in [0.717, 1.165) is 36.0 Å². The lowest BCUT2D eigenvalue weighted by Gasteiger charge is -2.16. The predicted octanol–water partition coefficient (Wildman–Crippen LogP) is 9.35. The molecule has 4 heterocycles. The van der Waals surface area contributed by atoms with E-state index in [0.29, 0.717) is 54.2 Å². The molecule has 0 amide bonds. The fraction of sp³-hybridized carbons (Fsp3) is 0.0976. The molecule has 0 saturated carbocycles. The number of pyridine rings is 1. The third-order valence-corrected chi connectivity index (χ3v) is 10.2. The van der Waals surface area contributed by atoms with Gasteiger partial charge < -0.3 is 13.9 Å². The number of rotatable bonds is 7. The fourth-order valence-electron chi connectivity index (χ4n) is 6.27. The maximum atomic E-state index is 13.6. The highest BCUT2D eigenvalue weighted by molar-refractivity contribution is 7.99. The summed E-state index contributed by atoms with van der Waals surface area (Å²) >= 11 is 1.09. The Balaban J connectivity index is 1.22. The van der Waals surface area contributed by atoms with Crippen LogP contribution in [0.3, 0.4) is 0 Å². The van der Waals surface area contributed by atoms with Crippen molar-refractivity contribution in [3.05, 3.63) is 148 Å². The Bertz CT molecular complexity index is 3010. The van der Waals surface area contributed by atoms with Gasteiger partial charge in [0.05, 0.1) is 45.8 Å². The number of benzene rings is 4. The van der Waals surface area contributed by atoms with Crippen LogP contribution in [0.5, 0.6) is 11.6 Å². The lowest BCUT2D eigenvalue weighted by Crippen LogP contribution is -2.11. The average molecular weight is 810 g/mol. The highest BCUT2D eigenvalue weighted by atomic mass is 32.2. The second kappa shape index (κ2) is 14.6. The van der Waals surface area contributed by atoms with Crippen molar-refractivity contribution in [1.29, 1.82) is 0 Å². The van der Waals surface area contributed by atoms with Crippen LogP contribution >= 0.6 is 11.8 Å². The number of aryl methyl sites for hydroxylation is 2. The van der Waals surface area contributed by atoms with E-state index in [2.05, 4.69) is 19.9 Å². The number of hydrogen-bond donors (Lipinski definition) is 0. The quantitative estimate of drug-likeness (QED) is 0.145. The molecule has 0 N–H and O–H groups in total. The van der Waals surface area contributed by atoms with E-state index in [1.807, 2.05) is 0 Å². The maximum absolute atomic E-state index is 13.6. The molecule has 0 saturated heterocycles. The highest BCUT2D eigenvalue weighted by Gasteiger charge is 2.31. The van der Waals surface area contributed by atoms with Crippen LogP contribution in [-0.2, 0) is 26.4 Å². The first-order valence-corrected chi connectivity index (χ1v) is 17.9. The van der Waals surface area contributed by atoms with E-state index in [-0.39, 0.29) is 28.4 Å². The molecule has 0 bridgehead atoms. The molecular formula is C41H25F6N7O3S. The standard InChI is InChI=1S/C41H25F6N7O3S/c1-53-21-51-37(56)29-14-4-23(17-31(29)53)36-39(58-27-11-7-25(8-12-27)41(45,46)47)50-20-30(52-36)33-19-34(55)28-13-3-22(18-32(28)54(33)2)35-38(49-16-15-48-35)57-26-9-5-24(6-10-26)40(42,43)44/h3-21H,1-2H3. The van der Waals surface area contributed by atoms with Crippen LogP contribution in [0.1, 0.15) is 11.1 Å². The minimum absolute atomic E-state index is 0.0167. The van der Waals surface area contributed by atoms with Crippen LogP contribution in [0, 0.1) is 0 Å². The number of alkyl halides is 6. The summed E-state index contributed by atoms with van der Waals surface area (Å²) in [5.41, 5.74) is 0.877. The zero-order chi connectivity index (χ0) is 40.9. The molecule has 0 unspecified atom stereocenters. The summed E-state index contributed by atoms with van der Waals surface area (Å²) in [5.74, 6) is 0.118. The lowest BCUT2D eigenvalue weighted by molar-refractivity contribution is -0.138. The zero-order valence-corrected chi connectivity index (χ0v) is 30.8. The summed E-state index contributed by atoms with van der Waals surface area (Å²) in [6.07, 6.45) is -3.38. The molecule has 0 aliphatic heterocycles. The Hall–Kier alpha value is -6.88. The minimum atomic E-state index is -4.52. The van der Waals surface area contributed by atoms with Crippen molar-refractivity contribution in [3.8, 4) is 45.5 Å². The number of fused-ring (bicyclic) bond motifs is 2. The molecule has 290 valence electrons. The van der Waals surface area contributed by atoms with Gasteiger partial charge in [0.25, 0.3) is 5.56 Å². The van der Waals surface area contributed by atoms with Gasteiger partial charge in [0.2, 0.25) is 5.88 Å². The third-order valence-electron chi connectivity index (χ3n) is 9.22. The maximum Gasteiger partial charge on any atom is 0.416 e. The van der Waals surface area contributed by atoms with Crippen molar-refractivity contribution < 1.29 is 31.1 Å². The molecule has 4 aromatic carbocycles. The smallest absolute Gasteiger partial charge is 0.416 e. The molecule has 8 aromatic rings. The first-order chi connectivity index (χ1) is 27.6. The molecule has 0 aliphatic rings. The molecule has 4 aromatic heterocycles. The largest absolute Gasteiger partial charge is 0.437 e. The second-order valence-corrected chi connectivity index (χ2v) is 14.0. The van der Waals surface area contributed by atoms with Gasteiger partial charge in [0.1, 0.15) is 27.9 Å². The molecule has 0 radical (unpaired) electrons. The van der Waals surface area contributed by atoms with E-state index in [1.54, 1.807) is 59.6 Å². The zero-order valence-electron chi connectivity index (χ0n) is 30.0. The molecular weight excluding hydrogens is 785 g/mol. The third kappa shape index (κ3) is 7.38. The van der Waals surface area contributed by atoms with Crippen LogP contribution in [0.2, 0.25) is 0 Å². The van der Waals surface area contributed by atoms with Gasteiger partial charge in [-0.15, -0.1) is 0 Å². The van der Waals surface area contributed by atoms with Gasteiger partial charge >= 0.3 is 12.4 Å². The molecule has 0 atom stereocenters. The van der Waals surface area contributed by atoms with Gasteiger partial charge in [-0.25, -0.2) is 19.9 Å². The van der Waals surface area contributed by atoms with Gasteiger partial charge in [0.15, 0.2) is 5.43 Å². The summed E-state index contributed by atoms with van der Waals surface area (Å²) in [6.45, 7) is 0. The van der Waals surface area contributed by atoms with Crippen molar-refractivity contribution in [3.63, 3.8) is 0 Å². The monoisotopic (exact) mass is 809 g/mol. The average Bonchev–Trinajstić information content (AvgIpc) is 3.20. The summed E-state index contributed by atoms with van der Waals surface area (Å²) in [4.78, 5) is 48.8. The van der Waals surface area contributed by atoms with Crippen molar-refractivity contribution in [1.82, 2.24) is 34.1 Å². The van der Waals surface area contributed by atoms with Crippen LogP contribution in [0.15, 0.2) is 135 Å². The molecule has 17 heteroatoms. The van der Waals surface area contributed by atoms with E-state index in [9.17, 15) is 35.9 Å². The number of aromatic nitrogens is 7. The van der Waals surface area contributed by atoms with Crippen molar-refractivity contribution in [2.45, 2.75) is 22.3 Å². The lowest BCUT2D eigenvalue weighted by atomic mass is 10.1. The first kappa shape index (κ1) is 38.0. The molecule has 0 spiro atoms. The fourth-order valence-corrected chi connectivity index (χ4v) is 7.13. The first-order valence-electron chi connectivity index (χ1n) is 17.1. The predicted molar refractivity (Wildman–Crippen MR) is 204 cm³/mol. The molecule has 0 fully saturated rings. The van der Waals surface area contributed by atoms with Crippen LogP contribution in [0.25, 0.3) is 55.7 Å². The summed E-state index contributed by atoms with van der Waals surface area (Å²) in [7, 11) is 3.45. The Morgan fingerprint density at radius 1 is 0.655 bits per heavy atom. The Kier molecular flexibility index (Phi) is 9.55. The van der Waals surface area contributed by atoms with E-state index >= 15 is 0 Å². The van der Waals surface area contributed by atoms with Gasteiger partial charge in [-0.2, -0.15) is 31.3 Å². The van der Waals surface area contributed by atoms with Gasteiger partial charge in [0, 0.05) is 54.0 Å². The van der Waals surface area contributed by atoms with Crippen molar-refractivity contribution in [2.24, 2.45) is 14.1 Å². The number of nitrogens with zero attached hydrogens (tertiary/aromatic N) is 7. The van der Waals surface area contributed by atoms with E-state index in [4.69, 9.17) is 9.72 Å². The summed E-state index contributed by atoms with van der Waals surface area (Å²) in [5, 5.41) is 1.06.